The molecule has 0 aliphatic carbocycles. The summed E-state index contributed by atoms with van der Waals surface area (Å²) in [6.07, 6.45) is 0.996. The second-order valence-electron chi connectivity index (χ2n) is 3.52. The van der Waals surface area contributed by atoms with Crippen LogP contribution in [-0.4, -0.2) is 12.6 Å². The Morgan fingerprint density at radius 1 is 1.69 bits per heavy atom. The van der Waals surface area contributed by atoms with Crippen molar-refractivity contribution >= 4 is 33.2 Å². The van der Waals surface area contributed by atoms with Crippen LogP contribution >= 0.6 is 27.3 Å². The van der Waals surface area contributed by atoms with Gasteiger partial charge < -0.3 is 10.5 Å². The fraction of sp³-hybridized carbons (Fsp3) is 0.545. The molecule has 0 aliphatic rings. The number of hydrogen-bond donors (Lipinski definition) is 1. The first kappa shape index (κ1) is 13.7. The first-order valence-electron chi connectivity index (χ1n) is 5.21. The summed E-state index contributed by atoms with van der Waals surface area (Å²) in [5.41, 5.74) is 6.03. The fourth-order valence-corrected chi connectivity index (χ4v) is 3.37. The number of rotatable bonds is 5. The van der Waals surface area contributed by atoms with Gasteiger partial charge in [-0.1, -0.05) is 0 Å². The molecule has 0 aromatic carbocycles. The van der Waals surface area contributed by atoms with E-state index in [1.165, 1.54) is 4.88 Å². The number of thiophene rings is 1. The van der Waals surface area contributed by atoms with Crippen LogP contribution in [0.5, 0.6) is 0 Å². The third-order valence-electron chi connectivity index (χ3n) is 2.14. The van der Waals surface area contributed by atoms with Gasteiger partial charge >= 0.3 is 5.97 Å². The zero-order valence-corrected chi connectivity index (χ0v) is 11.9. The van der Waals surface area contributed by atoms with Gasteiger partial charge in [-0.15, -0.1) is 11.3 Å². The number of esters is 1. The summed E-state index contributed by atoms with van der Waals surface area (Å²) in [5.74, 6) is -0.178. The molecule has 0 amide bonds. The number of carbonyl (C=O) groups is 1. The van der Waals surface area contributed by atoms with Crippen LogP contribution in [0.25, 0.3) is 0 Å². The summed E-state index contributed by atoms with van der Waals surface area (Å²) in [7, 11) is 0. The predicted octanol–water partition coefficient (Wildman–Crippen LogP) is 3.16. The molecular weight excluding hydrogens is 290 g/mol. The van der Waals surface area contributed by atoms with Crippen LogP contribution in [0.1, 0.15) is 35.6 Å². The van der Waals surface area contributed by atoms with E-state index in [2.05, 4.69) is 15.9 Å². The molecule has 1 aromatic heterocycles. The summed E-state index contributed by atoms with van der Waals surface area (Å²) >= 11 is 5.13. The van der Waals surface area contributed by atoms with Gasteiger partial charge in [0, 0.05) is 26.7 Å². The number of carbonyl (C=O) groups excluding carboxylic acids is 1. The van der Waals surface area contributed by atoms with Gasteiger partial charge in [-0.2, -0.15) is 0 Å². The largest absolute Gasteiger partial charge is 0.466 e. The third kappa shape index (κ3) is 3.88. The Kier molecular flexibility index (Phi) is 5.44. The molecule has 0 aliphatic heterocycles. The van der Waals surface area contributed by atoms with Crippen molar-refractivity contribution in [3.63, 3.8) is 0 Å². The lowest BCUT2D eigenvalue weighted by Gasteiger charge is -2.09. The lowest BCUT2D eigenvalue weighted by Crippen LogP contribution is -2.13. The predicted molar refractivity (Wildman–Crippen MR) is 69.6 cm³/mol. The number of halogens is 1. The van der Waals surface area contributed by atoms with Crippen molar-refractivity contribution in [1.29, 1.82) is 0 Å². The van der Waals surface area contributed by atoms with Crippen LogP contribution in [0.4, 0.5) is 0 Å². The normalized spacial score (nSPS) is 12.5. The van der Waals surface area contributed by atoms with E-state index in [-0.39, 0.29) is 12.0 Å². The van der Waals surface area contributed by atoms with Crippen molar-refractivity contribution in [3.8, 4) is 0 Å². The van der Waals surface area contributed by atoms with E-state index in [1.807, 2.05) is 13.0 Å². The molecule has 5 heteroatoms. The van der Waals surface area contributed by atoms with Crippen molar-refractivity contribution in [2.45, 2.75) is 32.7 Å². The molecule has 2 N–H and O–H groups in total. The van der Waals surface area contributed by atoms with E-state index in [0.717, 1.165) is 9.35 Å². The van der Waals surface area contributed by atoms with Gasteiger partial charge in [0.1, 0.15) is 0 Å². The Bertz CT molecular complexity index is 365. The minimum Gasteiger partial charge on any atom is -0.466 e. The van der Waals surface area contributed by atoms with Crippen LogP contribution in [0.15, 0.2) is 10.5 Å². The summed E-state index contributed by atoms with van der Waals surface area (Å²) in [5, 5.41) is 0. The SMILES string of the molecule is CCOC(=O)CCC(N)c1sc(C)cc1Br. The molecule has 1 heterocycles. The molecule has 3 nitrogen and oxygen atoms in total. The Balaban J connectivity index is 2.49. The molecular formula is C11H16BrNO2S. The second kappa shape index (κ2) is 6.37. The van der Waals surface area contributed by atoms with Gasteiger partial charge in [-0.05, 0) is 42.3 Å². The van der Waals surface area contributed by atoms with E-state index in [9.17, 15) is 4.79 Å². The highest BCUT2D eigenvalue weighted by atomic mass is 79.9. The summed E-state index contributed by atoms with van der Waals surface area (Å²) < 4.78 is 5.89. The number of nitrogens with two attached hydrogens (primary N) is 1. The Labute approximate surface area is 108 Å². The van der Waals surface area contributed by atoms with E-state index in [4.69, 9.17) is 10.5 Å². The minimum absolute atomic E-state index is 0.0996. The third-order valence-corrected chi connectivity index (χ3v) is 4.24. The molecule has 1 atom stereocenters. The average molecular weight is 306 g/mol. The summed E-state index contributed by atoms with van der Waals surface area (Å²) in [6.45, 7) is 4.27. The van der Waals surface area contributed by atoms with Crippen LogP contribution in [0.3, 0.4) is 0 Å². The van der Waals surface area contributed by atoms with Gasteiger partial charge in [0.2, 0.25) is 0 Å². The monoisotopic (exact) mass is 305 g/mol. The van der Waals surface area contributed by atoms with Crippen LogP contribution in [0.2, 0.25) is 0 Å². The molecule has 0 spiro atoms. The van der Waals surface area contributed by atoms with Crippen LogP contribution in [-0.2, 0) is 9.53 Å². The molecule has 1 rings (SSSR count). The van der Waals surface area contributed by atoms with Crippen molar-refractivity contribution in [2.24, 2.45) is 5.73 Å². The van der Waals surface area contributed by atoms with Crippen molar-refractivity contribution in [1.82, 2.24) is 0 Å². The number of hydrogen-bond acceptors (Lipinski definition) is 4. The van der Waals surface area contributed by atoms with Crippen molar-refractivity contribution < 1.29 is 9.53 Å². The average Bonchev–Trinajstić information content (AvgIpc) is 2.55. The van der Waals surface area contributed by atoms with Crippen molar-refractivity contribution in [2.75, 3.05) is 6.61 Å². The van der Waals surface area contributed by atoms with Gasteiger partial charge in [-0.25, -0.2) is 0 Å². The van der Waals surface area contributed by atoms with Crippen LogP contribution < -0.4 is 5.73 Å². The van der Waals surface area contributed by atoms with E-state index in [0.29, 0.717) is 19.4 Å². The standard InChI is InChI=1S/C11H16BrNO2S/c1-3-15-10(14)5-4-9(13)11-8(12)6-7(2)16-11/h6,9H,3-5,13H2,1-2H3. The number of aryl methyl sites for hydroxylation is 1. The van der Waals surface area contributed by atoms with Gasteiger partial charge in [0.05, 0.1) is 6.61 Å². The second-order valence-corrected chi connectivity index (χ2v) is 5.66. The molecule has 1 aromatic rings. The molecule has 16 heavy (non-hydrogen) atoms. The Morgan fingerprint density at radius 3 is 2.88 bits per heavy atom. The highest BCUT2D eigenvalue weighted by Gasteiger charge is 2.14. The molecule has 1 unspecified atom stereocenters. The molecule has 0 radical (unpaired) electrons. The summed E-state index contributed by atoms with van der Waals surface area (Å²) in [6, 6.07) is 1.95. The van der Waals surface area contributed by atoms with Gasteiger partial charge in [-0.3, -0.25) is 4.79 Å². The first-order valence-corrected chi connectivity index (χ1v) is 6.82. The van der Waals surface area contributed by atoms with Gasteiger partial charge in [0.25, 0.3) is 0 Å². The zero-order chi connectivity index (χ0) is 12.1. The lowest BCUT2D eigenvalue weighted by molar-refractivity contribution is -0.143. The van der Waals surface area contributed by atoms with E-state index in [1.54, 1.807) is 18.3 Å². The minimum atomic E-state index is -0.178. The first-order chi connectivity index (χ1) is 7.54. The topological polar surface area (TPSA) is 52.3 Å². The zero-order valence-electron chi connectivity index (χ0n) is 9.46. The van der Waals surface area contributed by atoms with E-state index >= 15 is 0 Å². The Morgan fingerprint density at radius 2 is 2.38 bits per heavy atom. The maximum Gasteiger partial charge on any atom is 0.305 e. The molecule has 0 saturated carbocycles. The number of ether oxygens (including phenoxy) is 1. The van der Waals surface area contributed by atoms with Crippen molar-refractivity contribution in [3.05, 3.63) is 20.3 Å². The summed E-state index contributed by atoms with van der Waals surface area (Å²) in [4.78, 5) is 13.5. The van der Waals surface area contributed by atoms with Gasteiger partial charge in [0.15, 0.2) is 0 Å². The molecule has 0 fully saturated rings. The quantitative estimate of drug-likeness (QED) is 0.850. The molecule has 90 valence electrons. The smallest absolute Gasteiger partial charge is 0.305 e. The van der Waals surface area contributed by atoms with Crippen LogP contribution in [0, 0.1) is 6.92 Å². The fourth-order valence-electron chi connectivity index (χ4n) is 1.39. The highest BCUT2D eigenvalue weighted by Crippen LogP contribution is 2.32. The van der Waals surface area contributed by atoms with E-state index < -0.39 is 0 Å². The highest BCUT2D eigenvalue weighted by molar-refractivity contribution is 9.10. The lowest BCUT2D eigenvalue weighted by atomic mass is 10.1. The maximum atomic E-state index is 11.2. The molecule has 0 bridgehead atoms. The maximum absolute atomic E-state index is 11.2. The molecule has 0 saturated heterocycles. The Hall–Kier alpha value is -0.390.